The Kier molecular flexibility index (Phi) is 2.86. The molecular weight excluding hydrogens is 166 g/mol. The molecule has 0 saturated carbocycles. The van der Waals surface area contributed by atoms with Gasteiger partial charge in [-0.1, -0.05) is 6.42 Å². The second-order valence-corrected chi connectivity index (χ2v) is 4.26. The van der Waals surface area contributed by atoms with Crippen molar-refractivity contribution in [3.8, 4) is 0 Å². The number of hydrogen-bond donors (Lipinski definition) is 2. The molecular formula is C10H19NO2. The third kappa shape index (κ3) is 1.73. The minimum absolute atomic E-state index is 0.0191. The molecule has 0 bridgehead atoms. The van der Waals surface area contributed by atoms with Crippen molar-refractivity contribution < 1.29 is 9.84 Å². The lowest BCUT2D eigenvalue weighted by Crippen LogP contribution is -2.57. The number of rotatable bonds is 2. The number of aliphatic hydroxyl groups excluding tert-OH is 1. The van der Waals surface area contributed by atoms with Crippen LogP contribution in [0.1, 0.15) is 25.7 Å². The first-order valence-corrected chi connectivity index (χ1v) is 5.31. The summed E-state index contributed by atoms with van der Waals surface area (Å²) in [5, 5.41) is 13.0. The molecule has 2 aliphatic rings. The molecule has 0 aromatic heterocycles. The Morgan fingerprint density at radius 1 is 1.46 bits per heavy atom. The molecule has 0 aliphatic carbocycles. The smallest absolute Gasteiger partial charge is 0.0616 e. The molecule has 2 aliphatic heterocycles. The first kappa shape index (κ1) is 9.44. The number of ether oxygens (including phenoxy) is 1. The normalized spacial score (nSPS) is 40.8. The third-order valence-corrected chi connectivity index (χ3v) is 3.52. The Bertz CT molecular complexity index is 160. The maximum absolute atomic E-state index is 9.48. The minimum Gasteiger partial charge on any atom is -0.394 e. The van der Waals surface area contributed by atoms with E-state index in [-0.39, 0.29) is 12.1 Å². The van der Waals surface area contributed by atoms with E-state index in [2.05, 4.69) is 5.32 Å². The summed E-state index contributed by atoms with van der Waals surface area (Å²) in [7, 11) is 0. The highest BCUT2D eigenvalue weighted by Crippen LogP contribution is 2.32. The maximum atomic E-state index is 9.48. The molecule has 13 heavy (non-hydrogen) atoms. The molecule has 2 unspecified atom stereocenters. The highest BCUT2D eigenvalue weighted by atomic mass is 16.5. The van der Waals surface area contributed by atoms with Crippen LogP contribution in [0.3, 0.4) is 0 Å². The first-order chi connectivity index (χ1) is 6.37. The van der Waals surface area contributed by atoms with E-state index in [1.165, 1.54) is 12.8 Å². The Balaban J connectivity index is 2.03. The SMILES string of the molecule is OCC1(C2CCOC2)CCCCN1. The Morgan fingerprint density at radius 2 is 2.38 bits per heavy atom. The van der Waals surface area contributed by atoms with Gasteiger partial charge in [-0.2, -0.15) is 0 Å². The summed E-state index contributed by atoms with van der Waals surface area (Å²) in [4.78, 5) is 0. The van der Waals surface area contributed by atoms with Crippen LogP contribution < -0.4 is 5.32 Å². The van der Waals surface area contributed by atoms with Gasteiger partial charge in [0.1, 0.15) is 0 Å². The quantitative estimate of drug-likeness (QED) is 0.659. The van der Waals surface area contributed by atoms with Gasteiger partial charge in [-0.05, 0) is 25.8 Å². The third-order valence-electron chi connectivity index (χ3n) is 3.52. The van der Waals surface area contributed by atoms with E-state index in [0.717, 1.165) is 32.6 Å². The van der Waals surface area contributed by atoms with Crippen molar-refractivity contribution in [1.82, 2.24) is 5.32 Å². The molecule has 2 N–H and O–H groups in total. The van der Waals surface area contributed by atoms with Crippen LogP contribution in [0.25, 0.3) is 0 Å². The van der Waals surface area contributed by atoms with Gasteiger partial charge in [0.05, 0.1) is 13.2 Å². The zero-order chi connectivity index (χ0) is 9.15. The van der Waals surface area contributed by atoms with Gasteiger partial charge in [-0.25, -0.2) is 0 Å². The van der Waals surface area contributed by atoms with Gasteiger partial charge in [0.2, 0.25) is 0 Å². The molecule has 2 heterocycles. The molecule has 2 saturated heterocycles. The molecule has 2 atom stereocenters. The van der Waals surface area contributed by atoms with Crippen LogP contribution in [-0.4, -0.2) is 37.0 Å². The molecule has 3 nitrogen and oxygen atoms in total. The average Bonchev–Trinajstić information content (AvgIpc) is 2.72. The van der Waals surface area contributed by atoms with Gasteiger partial charge < -0.3 is 15.2 Å². The van der Waals surface area contributed by atoms with E-state index >= 15 is 0 Å². The van der Waals surface area contributed by atoms with E-state index in [1.807, 2.05) is 0 Å². The highest BCUT2D eigenvalue weighted by Gasteiger charge is 2.40. The van der Waals surface area contributed by atoms with Crippen LogP contribution in [-0.2, 0) is 4.74 Å². The van der Waals surface area contributed by atoms with Gasteiger partial charge in [-0.15, -0.1) is 0 Å². The number of aliphatic hydroxyl groups is 1. The van der Waals surface area contributed by atoms with Crippen molar-refractivity contribution in [2.24, 2.45) is 5.92 Å². The van der Waals surface area contributed by atoms with Gasteiger partial charge in [0, 0.05) is 18.1 Å². The van der Waals surface area contributed by atoms with E-state index < -0.39 is 0 Å². The molecule has 2 rings (SSSR count). The van der Waals surface area contributed by atoms with Crippen LogP contribution in [0.15, 0.2) is 0 Å². The topological polar surface area (TPSA) is 41.5 Å². The van der Waals surface area contributed by atoms with Gasteiger partial charge in [0.15, 0.2) is 0 Å². The Morgan fingerprint density at radius 3 is 2.92 bits per heavy atom. The summed E-state index contributed by atoms with van der Waals surface area (Å²) in [5.41, 5.74) is -0.0191. The van der Waals surface area contributed by atoms with Crippen molar-refractivity contribution in [2.75, 3.05) is 26.4 Å². The molecule has 0 spiro atoms. The summed E-state index contributed by atoms with van der Waals surface area (Å²) in [6.45, 7) is 3.01. The molecule has 0 radical (unpaired) electrons. The molecule has 0 aromatic rings. The van der Waals surface area contributed by atoms with Crippen molar-refractivity contribution in [2.45, 2.75) is 31.2 Å². The standard InChI is InChI=1S/C10H19NO2/c12-8-10(4-1-2-5-11-10)9-3-6-13-7-9/h9,11-12H,1-8H2. The Hall–Kier alpha value is -0.120. The second kappa shape index (κ2) is 3.95. The summed E-state index contributed by atoms with van der Waals surface area (Å²) in [6, 6.07) is 0. The van der Waals surface area contributed by atoms with E-state index in [9.17, 15) is 5.11 Å². The fourth-order valence-electron chi connectivity index (χ4n) is 2.57. The fourth-order valence-corrected chi connectivity index (χ4v) is 2.57. The summed E-state index contributed by atoms with van der Waals surface area (Å²) in [6.07, 6.45) is 4.70. The lowest BCUT2D eigenvalue weighted by molar-refractivity contribution is 0.0665. The van der Waals surface area contributed by atoms with Gasteiger partial charge >= 0.3 is 0 Å². The molecule has 2 fully saturated rings. The zero-order valence-electron chi connectivity index (χ0n) is 8.09. The average molecular weight is 185 g/mol. The largest absolute Gasteiger partial charge is 0.394 e. The number of piperidine rings is 1. The van der Waals surface area contributed by atoms with E-state index in [4.69, 9.17) is 4.74 Å². The minimum atomic E-state index is -0.0191. The lowest BCUT2D eigenvalue weighted by Gasteiger charge is -2.41. The lowest BCUT2D eigenvalue weighted by atomic mass is 9.78. The van der Waals surface area contributed by atoms with Crippen LogP contribution >= 0.6 is 0 Å². The van der Waals surface area contributed by atoms with Crippen molar-refractivity contribution in [3.63, 3.8) is 0 Å². The van der Waals surface area contributed by atoms with Crippen molar-refractivity contribution in [1.29, 1.82) is 0 Å². The van der Waals surface area contributed by atoms with Crippen molar-refractivity contribution in [3.05, 3.63) is 0 Å². The molecule has 0 amide bonds. The van der Waals surface area contributed by atoms with Gasteiger partial charge in [-0.3, -0.25) is 0 Å². The maximum Gasteiger partial charge on any atom is 0.0616 e. The van der Waals surface area contributed by atoms with Crippen LogP contribution in [0, 0.1) is 5.92 Å². The second-order valence-electron chi connectivity index (χ2n) is 4.26. The number of nitrogens with one attached hydrogen (secondary N) is 1. The molecule has 3 heteroatoms. The summed E-state index contributed by atoms with van der Waals surface area (Å²) in [5.74, 6) is 0.526. The molecule has 0 aromatic carbocycles. The van der Waals surface area contributed by atoms with Crippen molar-refractivity contribution >= 4 is 0 Å². The number of hydrogen-bond acceptors (Lipinski definition) is 3. The van der Waals surface area contributed by atoms with Gasteiger partial charge in [0.25, 0.3) is 0 Å². The zero-order valence-corrected chi connectivity index (χ0v) is 8.09. The highest BCUT2D eigenvalue weighted by molar-refractivity contribution is 4.97. The fraction of sp³-hybridized carbons (Fsp3) is 1.00. The van der Waals surface area contributed by atoms with E-state index in [0.29, 0.717) is 5.92 Å². The van der Waals surface area contributed by atoms with E-state index in [1.54, 1.807) is 0 Å². The Labute approximate surface area is 79.5 Å². The van der Waals surface area contributed by atoms with Crippen LogP contribution in [0.5, 0.6) is 0 Å². The predicted molar refractivity (Wildman–Crippen MR) is 50.6 cm³/mol. The monoisotopic (exact) mass is 185 g/mol. The van der Waals surface area contributed by atoms with Crippen LogP contribution in [0.4, 0.5) is 0 Å². The summed E-state index contributed by atoms with van der Waals surface area (Å²) >= 11 is 0. The predicted octanol–water partition coefficient (Wildman–Crippen LogP) is 0.528. The van der Waals surface area contributed by atoms with Crippen LogP contribution in [0.2, 0.25) is 0 Å². The summed E-state index contributed by atoms with van der Waals surface area (Å²) < 4.78 is 5.39. The molecule has 76 valence electrons. The first-order valence-electron chi connectivity index (χ1n) is 5.31.